The van der Waals surface area contributed by atoms with Crippen molar-refractivity contribution < 1.29 is 19.1 Å². The number of nitrogens with one attached hydrogen (secondary N) is 2. The molecular formula is C19H17N3O4. The van der Waals surface area contributed by atoms with E-state index in [2.05, 4.69) is 10.6 Å². The highest BCUT2D eigenvalue weighted by Crippen LogP contribution is 2.40. The van der Waals surface area contributed by atoms with Gasteiger partial charge in [0.25, 0.3) is 5.91 Å². The topological polar surface area (TPSA) is 87.7 Å². The fraction of sp³-hybridized carbons (Fsp3) is 0.211. The number of benzene rings is 2. The zero-order valence-corrected chi connectivity index (χ0v) is 13.9. The van der Waals surface area contributed by atoms with Crippen LogP contribution in [0.5, 0.6) is 5.75 Å². The van der Waals surface area contributed by atoms with Crippen molar-refractivity contribution in [2.24, 2.45) is 0 Å². The van der Waals surface area contributed by atoms with Crippen molar-refractivity contribution in [3.8, 4) is 5.75 Å². The molecule has 132 valence electrons. The highest BCUT2D eigenvalue weighted by atomic mass is 16.5. The molecule has 4 amide bonds. The first-order valence-electron chi connectivity index (χ1n) is 8.31. The van der Waals surface area contributed by atoms with Gasteiger partial charge in [0.1, 0.15) is 12.3 Å². The Kier molecular flexibility index (Phi) is 3.84. The summed E-state index contributed by atoms with van der Waals surface area (Å²) in [5.74, 6) is -0.290. The Bertz CT molecular complexity index is 883. The van der Waals surface area contributed by atoms with Gasteiger partial charge in [0.05, 0.1) is 6.61 Å². The molecule has 1 saturated heterocycles. The number of ether oxygens (including phenoxy) is 1. The molecule has 2 aromatic rings. The summed E-state index contributed by atoms with van der Waals surface area (Å²) in [4.78, 5) is 38.7. The molecule has 0 saturated carbocycles. The number of hydrogen-bond donors (Lipinski definition) is 2. The molecule has 2 heterocycles. The third-order valence-electron chi connectivity index (χ3n) is 4.62. The van der Waals surface area contributed by atoms with E-state index in [1.165, 1.54) is 0 Å². The lowest BCUT2D eigenvalue weighted by atomic mass is 9.84. The van der Waals surface area contributed by atoms with Gasteiger partial charge >= 0.3 is 6.03 Å². The molecule has 4 rings (SSSR count). The Balaban J connectivity index is 1.56. The normalized spacial score (nSPS) is 21.2. The number of rotatable bonds is 3. The van der Waals surface area contributed by atoms with Crippen molar-refractivity contribution in [1.29, 1.82) is 0 Å². The number of para-hydroxylation sites is 2. The Labute approximate surface area is 149 Å². The second-order valence-corrected chi connectivity index (χ2v) is 6.24. The Morgan fingerprint density at radius 2 is 1.85 bits per heavy atom. The molecule has 1 spiro atoms. The van der Waals surface area contributed by atoms with Crippen LogP contribution in [-0.4, -0.2) is 35.9 Å². The maximum absolute atomic E-state index is 13.1. The molecular weight excluding hydrogens is 334 g/mol. The fourth-order valence-corrected chi connectivity index (χ4v) is 3.38. The van der Waals surface area contributed by atoms with E-state index in [4.69, 9.17) is 4.74 Å². The molecule has 7 nitrogen and oxygen atoms in total. The highest BCUT2D eigenvalue weighted by molar-refractivity contribution is 6.10. The van der Waals surface area contributed by atoms with Gasteiger partial charge in [-0.05, 0) is 18.2 Å². The SMILES string of the molecule is O=C(CN1C(=O)N[C@]2(CCOc3ccccc32)C1=O)Nc1ccccc1. The first kappa shape index (κ1) is 16.1. The molecule has 0 aromatic heterocycles. The predicted molar refractivity (Wildman–Crippen MR) is 93.5 cm³/mol. The lowest BCUT2D eigenvalue weighted by Gasteiger charge is -2.33. The maximum Gasteiger partial charge on any atom is 0.325 e. The van der Waals surface area contributed by atoms with E-state index < -0.39 is 23.4 Å². The second kappa shape index (κ2) is 6.18. The van der Waals surface area contributed by atoms with Crippen LogP contribution in [0.4, 0.5) is 10.5 Å². The van der Waals surface area contributed by atoms with E-state index in [1.807, 2.05) is 12.1 Å². The summed E-state index contributed by atoms with van der Waals surface area (Å²) >= 11 is 0. The van der Waals surface area contributed by atoms with Gasteiger partial charge in [-0.1, -0.05) is 36.4 Å². The monoisotopic (exact) mass is 351 g/mol. The van der Waals surface area contributed by atoms with Crippen molar-refractivity contribution in [1.82, 2.24) is 10.2 Å². The van der Waals surface area contributed by atoms with Crippen LogP contribution in [0, 0.1) is 0 Å². The average Bonchev–Trinajstić information content (AvgIpc) is 2.88. The number of anilines is 1. The standard InChI is InChI=1S/C19H17N3O4/c23-16(20-13-6-2-1-3-7-13)12-22-17(24)19(21-18(22)25)10-11-26-15-9-5-4-8-14(15)19/h1-9H,10-12H2,(H,20,23)(H,21,25)/t19-/m0/s1. The van der Waals surface area contributed by atoms with Crippen molar-refractivity contribution in [2.45, 2.75) is 12.0 Å². The van der Waals surface area contributed by atoms with Crippen molar-refractivity contribution >= 4 is 23.5 Å². The van der Waals surface area contributed by atoms with Gasteiger partial charge in [-0.15, -0.1) is 0 Å². The number of carbonyl (C=O) groups excluding carboxylic acids is 3. The number of nitrogens with zero attached hydrogens (tertiary/aromatic N) is 1. The molecule has 2 aliphatic rings. The van der Waals surface area contributed by atoms with Gasteiger partial charge in [-0.3, -0.25) is 14.5 Å². The average molecular weight is 351 g/mol. The molecule has 7 heteroatoms. The van der Waals surface area contributed by atoms with E-state index in [0.29, 0.717) is 30.0 Å². The summed E-state index contributed by atoms with van der Waals surface area (Å²) in [5, 5.41) is 5.45. The second-order valence-electron chi connectivity index (χ2n) is 6.24. The predicted octanol–water partition coefficient (Wildman–Crippen LogP) is 1.85. The van der Waals surface area contributed by atoms with Crippen LogP contribution in [0.2, 0.25) is 0 Å². The summed E-state index contributed by atoms with van der Waals surface area (Å²) in [5.41, 5.74) is 0.0603. The summed E-state index contributed by atoms with van der Waals surface area (Å²) < 4.78 is 5.59. The van der Waals surface area contributed by atoms with Gasteiger partial charge in [-0.25, -0.2) is 4.79 Å². The zero-order chi connectivity index (χ0) is 18.1. The minimum absolute atomic E-state index is 0.313. The Morgan fingerprint density at radius 3 is 2.65 bits per heavy atom. The van der Waals surface area contributed by atoms with Crippen molar-refractivity contribution in [2.75, 3.05) is 18.5 Å². The van der Waals surface area contributed by atoms with Crippen LogP contribution in [-0.2, 0) is 15.1 Å². The molecule has 0 unspecified atom stereocenters. The molecule has 1 fully saturated rings. The largest absolute Gasteiger partial charge is 0.493 e. The maximum atomic E-state index is 13.1. The first-order chi connectivity index (χ1) is 12.6. The Hall–Kier alpha value is -3.35. The van der Waals surface area contributed by atoms with Crippen LogP contribution >= 0.6 is 0 Å². The van der Waals surface area contributed by atoms with Crippen molar-refractivity contribution in [3.05, 3.63) is 60.2 Å². The van der Waals surface area contributed by atoms with E-state index in [1.54, 1.807) is 42.5 Å². The van der Waals surface area contributed by atoms with Gasteiger partial charge in [-0.2, -0.15) is 0 Å². The summed E-state index contributed by atoms with van der Waals surface area (Å²) in [6.07, 6.45) is 0.325. The smallest absolute Gasteiger partial charge is 0.325 e. The van der Waals surface area contributed by atoms with Crippen molar-refractivity contribution in [3.63, 3.8) is 0 Å². The van der Waals surface area contributed by atoms with Gasteiger partial charge in [0, 0.05) is 17.7 Å². The van der Waals surface area contributed by atoms with Gasteiger partial charge in [0.2, 0.25) is 5.91 Å². The number of urea groups is 1. The molecule has 2 N–H and O–H groups in total. The van der Waals surface area contributed by atoms with E-state index in [-0.39, 0.29) is 6.54 Å². The third kappa shape index (κ3) is 2.57. The molecule has 2 aliphatic heterocycles. The number of imide groups is 1. The lowest BCUT2D eigenvalue weighted by Crippen LogP contribution is -2.48. The van der Waals surface area contributed by atoms with Crippen LogP contribution in [0.25, 0.3) is 0 Å². The zero-order valence-electron chi connectivity index (χ0n) is 13.9. The van der Waals surface area contributed by atoms with Crippen LogP contribution in [0.3, 0.4) is 0 Å². The highest BCUT2D eigenvalue weighted by Gasteiger charge is 2.55. The molecule has 0 aliphatic carbocycles. The summed E-state index contributed by atoms with van der Waals surface area (Å²) in [6, 6.07) is 15.4. The number of fused-ring (bicyclic) bond motifs is 2. The number of carbonyl (C=O) groups is 3. The van der Waals surface area contributed by atoms with E-state index >= 15 is 0 Å². The van der Waals surface area contributed by atoms with Crippen LogP contribution < -0.4 is 15.4 Å². The van der Waals surface area contributed by atoms with Gasteiger partial charge in [0.15, 0.2) is 5.54 Å². The van der Waals surface area contributed by atoms with Crippen LogP contribution in [0.1, 0.15) is 12.0 Å². The number of amides is 4. The lowest BCUT2D eigenvalue weighted by molar-refractivity contribution is -0.135. The first-order valence-corrected chi connectivity index (χ1v) is 8.31. The van der Waals surface area contributed by atoms with Gasteiger partial charge < -0.3 is 15.4 Å². The molecule has 0 bridgehead atoms. The van der Waals surface area contributed by atoms with E-state index in [0.717, 1.165) is 4.90 Å². The minimum Gasteiger partial charge on any atom is -0.493 e. The summed E-state index contributed by atoms with van der Waals surface area (Å²) in [7, 11) is 0. The molecule has 1 atom stereocenters. The minimum atomic E-state index is -1.17. The summed E-state index contributed by atoms with van der Waals surface area (Å²) in [6.45, 7) is -0.0303. The Morgan fingerprint density at radius 1 is 1.12 bits per heavy atom. The molecule has 2 aromatic carbocycles. The fourth-order valence-electron chi connectivity index (χ4n) is 3.38. The molecule has 0 radical (unpaired) electrons. The number of hydrogen-bond acceptors (Lipinski definition) is 4. The molecule has 26 heavy (non-hydrogen) atoms. The van der Waals surface area contributed by atoms with Crippen LogP contribution in [0.15, 0.2) is 54.6 Å². The quantitative estimate of drug-likeness (QED) is 0.826. The van der Waals surface area contributed by atoms with E-state index in [9.17, 15) is 14.4 Å². The third-order valence-corrected chi connectivity index (χ3v) is 4.62.